The van der Waals surface area contributed by atoms with Gasteiger partial charge in [0.05, 0.1) is 17.0 Å². The van der Waals surface area contributed by atoms with Gasteiger partial charge in [-0.05, 0) is 73.7 Å². The van der Waals surface area contributed by atoms with Crippen LogP contribution in [0.3, 0.4) is 0 Å². The molecule has 4 aliphatic rings. The third-order valence-corrected chi connectivity index (χ3v) is 10.8. The fraction of sp³-hybridized carbons (Fsp3) is 0.355. The molecule has 1 amide bonds. The van der Waals surface area contributed by atoms with Gasteiger partial charge in [0.25, 0.3) is 0 Å². The third-order valence-electron chi connectivity index (χ3n) is 8.79. The highest BCUT2D eigenvalue weighted by molar-refractivity contribution is 7.89. The number of hydrogen-bond donors (Lipinski definition) is 2. The monoisotopic (exact) mass is 614 g/mol. The van der Waals surface area contributed by atoms with Gasteiger partial charge in [0.1, 0.15) is 17.2 Å². The lowest BCUT2D eigenvalue weighted by molar-refractivity contribution is -0.151. The topological polar surface area (TPSA) is 90.9 Å². The molecule has 3 aromatic carbocycles. The minimum absolute atomic E-state index is 0.0985. The van der Waals surface area contributed by atoms with Gasteiger partial charge < -0.3 is 10.6 Å². The molecule has 3 fully saturated rings. The number of sulfonamides is 1. The number of rotatable bonds is 9. The maximum atomic E-state index is 13.9. The summed E-state index contributed by atoms with van der Waals surface area (Å²) in [7, 11) is -4.14. The van der Waals surface area contributed by atoms with E-state index >= 15 is 0 Å². The summed E-state index contributed by atoms with van der Waals surface area (Å²) < 4.78 is 82.0. The number of carbonyl (C=O) groups excluding carboxylic acids is 1. The van der Waals surface area contributed by atoms with Crippen LogP contribution in [0.4, 0.5) is 17.6 Å². The number of nitrogens with zero attached hydrogens (tertiary/aromatic N) is 2. The first-order chi connectivity index (χ1) is 20.2. The quantitative estimate of drug-likeness (QED) is 0.331. The van der Waals surface area contributed by atoms with Crippen LogP contribution in [0.2, 0.25) is 0 Å². The zero-order valence-electron chi connectivity index (χ0n) is 23.3. The SMILES string of the molecule is C[C@]1(C(=O)NCc2ccccc2)CN=C(C23CC(N(Cc4ccc(C(F)(F)F)cc4)S(=O)(=O)c4ccc(F)cc4)(C2)C3)N1. The van der Waals surface area contributed by atoms with Crippen molar-refractivity contribution in [3.63, 3.8) is 0 Å². The average molecular weight is 615 g/mol. The van der Waals surface area contributed by atoms with Gasteiger partial charge in [0.15, 0.2) is 0 Å². The van der Waals surface area contributed by atoms with Crippen molar-refractivity contribution in [2.75, 3.05) is 6.54 Å². The van der Waals surface area contributed by atoms with Crippen molar-refractivity contribution in [1.82, 2.24) is 14.9 Å². The van der Waals surface area contributed by atoms with Crippen molar-refractivity contribution in [1.29, 1.82) is 0 Å². The number of aliphatic imine (C=N–C) groups is 1. The summed E-state index contributed by atoms with van der Waals surface area (Å²) in [6.45, 7) is 2.25. The maximum Gasteiger partial charge on any atom is 0.416 e. The molecule has 1 atom stereocenters. The van der Waals surface area contributed by atoms with Crippen LogP contribution >= 0.6 is 0 Å². The van der Waals surface area contributed by atoms with Crippen molar-refractivity contribution in [3.05, 3.63) is 101 Å². The highest BCUT2D eigenvalue weighted by Crippen LogP contribution is 2.71. The van der Waals surface area contributed by atoms with E-state index in [9.17, 15) is 30.8 Å². The number of alkyl halides is 3. The number of nitrogens with one attached hydrogen (secondary N) is 2. The van der Waals surface area contributed by atoms with Crippen molar-refractivity contribution >= 4 is 21.8 Å². The van der Waals surface area contributed by atoms with Crippen molar-refractivity contribution < 1.29 is 30.8 Å². The van der Waals surface area contributed by atoms with Crippen LogP contribution in [-0.2, 0) is 34.1 Å². The van der Waals surface area contributed by atoms with E-state index in [-0.39, 0.29) is 23.9 Å². The molecule has 0 radical (unpaired) electrons. The molecule has 3 aliphatic carbocycles. The summed E-state index contributed by atoms with van der Waals surface area (Å²) in [6, 6.07) is 18.5. The van der Waals surface area contributed by atoms with Gasteiger partial charge >= 0.3 is 6.18 Å². The zero-order chi connectivity index (χ0) is 30.7. The lowest BCUT2D eigenvalue weighted by Gasteiger charge is -2.73. The number of amides is 1. The smallest absolute Gasteiger partial charge is 0.358 e. The second kappa shape index (κ2) is 10.2. The molecule has 3 aromatic rings. The molecule has 7 nitrogen and oxygen atoms in total. The Balaban J connectivity index is 1.18. The molecular weight excluding hydrogens is 584 g/mol. The molecule has 1 heterocycles. The van der Waals surface area contributed by atoms with Crippen molar-refractivity contribution in [2.24, 2.45) is 10.4 Å². The first kappa shape index (κ1) is 29.3. The number of carbonyl (C=O) groups is 1. The van der Waals surface area contributed by atoms with Crippen LogP contribution in [0.15, 0.2) is 88.8 Å². The van der Waals surface area contributed by atoms with Crippen LogP contribution in [0.5, 0.6) is 0 Å². The van der Waals surface area contributed by atoms with E-state index in [0.29, 0.717) is 37.2 Å². The average Bonchev–Trinajstić information content (AvgIpc) is 3.33. The molecule has 0 aromatic heterocycles. The van der Waals surface area contributed by atoms with Crippen LogP contribution < -0.4 is 10.6 Å². The van der Waals surface area contributed by atoms with E-state index in [4.69, 9.17) is 0 Å². The fourth-order valence-electron chi connectivity index (χ4n) is 6.44. The molecule has 226 valence electrons. The largest absolute Gasteiger partial charge is 0.416 e. The normalized spacial score (nSPS) is 26.2. The molecule has 3 saturated carbocycles. The molecule has 0 unspecified atom stereocenters. The molecular formula is C31H30F4N4O3S. The number of benzene rings is 3. The van der Waals surface area contributed by atoms with Gasteiger partial charge in [-0.25, -0.2) is 12.8 Å². The van der Waals surface area contributed by atoms with Crippen LogP contribution in [0, 0.1) is 11.2 Å². The minimum atomic E-state index is -4.51. The second-order valence-corrected chi connectivity index (χ2v) is 13.8. The highest BCUT2D eigenvalue weighted by atomic mass is 32.2. The Bertz CT molecular complexity index is 1660. The number of amidine groups is 1. The van der Waals surface area contributed by atoms with E-state index in [1.807, 2.05) is 30.3 Å². The summed E-state index contributed by atoms with van der Waals surface area (Å²) in [5, 5.41) is 6.26. The van der Waals surface area contributed by atoms with Crippen LogP contribution in [-0.4, -0.2) is 42.1 Å². The summed E-state index contributed by atoms with van der Waals surface area (Å²) in [5.41, 5.74) is -1.61. The van der Waals surface area contributed by atoms with Crippen molar-refractivity contribution in [3.8, 4) is 0 Å². The van der Waals surface area contributed by atoms with E-state index < -0.39 is 44.1 Å². The van der Waals surface area contributed by atoms with Gasteiger partial charge in [-0.3, -0.25) is 9.79 Å². The molecule has 7 rings (SSSR count). The fourth-order valence-corrected chi connectivity index (χ4v) is 8.19. The Hall–Kier alpha value is -3.77. The van der Waals surface area contributed by atoms with Crippen molar-refractivity contribution in [2.45, 2.75) is 61.4 Å². The van der Waals surface area contributed by atoms with Crippen LogP contribution in [0.1, 0.15) is 42.9 Å². The van der Waals surface area contributed by atoms with E-state index in [0.717, 1.165) is 29.8 Å². The molecule has 12 heteroatoms. The van der Waals surface area contributed by atoms with Gasteiger partial charge in [0.2, 0.25) is 15.9 Å². The standard InChI is InChI=1S/C31H30F4N4O3S/c1-28(27(40)36-15-21-5-3-2-4-6-21)20-37-26(38-28)29-17-30(18-29,19-29)39(43(41,42)25-13-11-24(32)12-14-25)16-22-7-9-23(10-8-22)31(33,34)35/h2-14H,15-20H2,1H3,(H,36,40)(H,37,38)/t28-,29?,30?/m1/s1. The lowest BCUT2D eigenvalue weighted by Crippen LogP contribution is -2.79. The summed E-state index contributed by atoms with van der Waals surface area (Å²) >= 11 is 0. The zero-order valence-corrected chi connectivity index (χ0v) is 24.1. The first-order valence-electron chi connectivity index (χ1n) is 13.8. The Kier molecular flexibility index (Phi) is 6.92. The van der Waals surface area contributed by atoms with Gasteiger partial charge in [-0.15, -0.1) is 0 Å². The molecule has 2 N–H and O–H groups in total. The summed E-state index contributed by atoms with van der Waals surface area (Å²) in [5.74, 6) is -0.112. The van der Waals surface area contributed by atoms with E-state index in [2.05, 4.69) is 15.6 Å². The third kappa shape index (κ3) is 5.20. The highest BCUT2D eigenvalue weighted by Gasteiger charge is 2.75. The van der Waals surface area contributed by atoms with E-state index in [1.54, 1.807) is 6.92 Å². The number of hydrogen-bond acceptors (Lipinski definition) is 5. The summed E-state index contributed by atoms with van der Waals surface area (Å²) in [4.78, 5) is 17.6. The Labute approximate surface area is 247 Å². The summed E-state index contributed by atoms with van der Waals surface area (Å²) in [6.07, 6.45) is -3.20. The molecule has 2 bridgehead atoms. The molecule has 1 aliphatic heterocycles. The second-order valence-electron chi connectivity index (χ2n) is 12.0. The molecule has 0 spiro atoms. The molecule has 0 saturated heterocycles. The predicted octanol–water partition coefficient (Wildman–Crippen LogP) is 5.03. The Morgan fingerprint density at radius 3 is 2.19 bits per heavy atom. The van der Waals surface area contributed by atoms with Gasteiger partial charge in [-0.1, -0.05) is 42.5 Å². The minimum Gasteiger partial charge on any atom is -0.358 e. The first-order valence-corrected chi connectivity index (χ1v) is 15.3. The van der Waals surface area contributed by atoms with Gasteiger partial charge in [-0.2, -0.15) is 17.5 Å². The Morgan fingerprint density at radius 2 is 1.58 bits per heavy atom. The van der Waals surface area contributed by atoms with Crippen LogP contribution in [0.25, 0.3) is 0 Å². The predicted molar refractivity (Wildman–Crippen MR) is 152 cm³/mol. The number of halogens is 4. The Morgan fingerprint density at radius 1 is 0.953 bits per heavy atom. The maximum absolute atomic E-state index is 13.9. The molecule has 43 heavy (non-hydrogen) atoms. The van der Waals surface area contributed by atoms with Gasteiger partial charge in [0, 0.05) is 24.0 Å². The van der Waals surface area contributed by atoms with E-state index in [1.165, 1.54) is 28.6 Å². The lowest BCUT2D eigenvalue weighted by atomic mass is 9.38.